The molecule has 0 fully saturated rings. The van der Waals surface area contributed by atoms with Crippen LogP contribution in [0, 0.1) is 5.82 Å². The van der Waals surface area contributed by atoms with Gasteiger partial charge in [0, 0.05) is 22.6 Å². The summed E-state index contributed by atoms with van der Waals surface area (Å²) in [7, 11) is 1.55. The second kappa shape index (κ2) is 6.83. The number of oxime groups is 1. The Hall–Kier alpha value is -2.34. The van der Waals surface area contributed by atoms with Gasteiger partial charge in [0.1, 0.15) is 11.6 Å². The fraction of sp³-hybridized carbons (Fsp3) is 0.176. The number of fused-ring (bicyclic) bond motifs is 1. The lowest BCUT2D eigenvalue weighted by molar-refractivity contribution is 0.0515. The molecule has 6 heteroatoms. The average Bonchev–Trinajstić information content (AvgIpc) is 2.59. The maximum Gasteiger partial charge on any atom is 0.365 e. The van der Waals surface area contributed by atoms with Gasteiger partial charge in [-0.3, -0.25) is 0 Å². The molecule has 4 nitrogen and oxygen atoms in total. The first-order valence-corrected chi connectivity index (χ1v) is 8.01. The molecule has 0 aromatic heterocycles. The van der Waals surface area contributed by atoms with Crippen molar-refractivity contribution in [3.63, 3.8) is 0 Å². The zero-order valence-corrected chi connectivity index (χ0v) is 13.2. The van der Waals surface area contributed by atoms with Crippen LogP contribution >= 0.6 is 11.8 Å². The van der Waals surface area contributed by atoms with Crippen LogP contribution in [0.3, 0.4) is 0 Å². The zero-order valence-electron chi connectivity index (χ0n) is 12.4. The van der Waals surface area contributed by atoms with Crippen LogP contribution in [-0.2, 0) is 4.84 Å². The van der Waals surface area contributed by atoms with E-state index in [4.69, 9.17) is 9.57 Å². The van der Waals surface area contributed by atoms with E-state index in [0.29, 0.717) is 29.0 Å². The monoisotopic (exact) mass is 331 g/mol. The van der Waals surface area contributed by atoms with Crippen molar-refractivity contribution in [2.75, 3.05) is 12.9 Å². The summed E-state index contributed by atoms with van der Waals surface area (Å²) in [6, 6.07) is 11.1. The molecule has 23 heavy (non-hydrogen) atoms. The summed E-state index contributed by atoms with van der Waals surface area (Å²) in [4.78, 5) is 18.0. The summed E-state index contributed by atoms with van der Waals surface area (Å²) in [5.74, 6) is 0.579. The molecular weight excluding hydrogens is 317 g/mol. The minimum atomic E-state index is -0.559. The van der Waals surface area contributed by atoms with E-state index in [2.05, 4.69) is 5.16 Å². The van der Waals surface area contributed by atoms with Crippen molar-refractivity contribution in [1.29, 1.82) is 0 Å². The standard InChI is InChI=1S/C17H14FNO3S/c1-21-13-5-2-11(3-6-13)17(20)22-19-15-8-9-23-16-7-4-12(18)10-14(15)16/h2-7,10H,8-9H2,1H3/b19-15+. The third-order valence-corrected chi connectivity index (χ3v) is 4.49. The van der Waals surface area contributed by atoms with Crippen molar-refractivity contribution in [3.05, 3.63) is 59.4 Å². The van der Waals surface area contributed by atoms with Crippen LogP contribution in [0.1, 0.15) is 22.3 Å². The fourth-order valence-electron chi connectivity index (χ4n) is 2.22. The molecule has 2 aromatic carbocycles. The smallest absolute Gasteiger partial charge is 0.365 e. The van der Waals surface area contributed by atoms with Crippen molar-refractivity contribution in [3.8, 4) is 5.75 Å². The van der Waals surface area contributed by atoms with Gasteiger partial charge in [-0.1, -0.05) is 5.16 Å². The van der Waals surface area contributed by atoms with Gasteiger partial charge in [-0.2, -0.15) is 0 Å². The largest absolute Gasteiger partial charge is 0.497 e. The summed E-state index contributed by atoms with van der Waals surface area (Å²) in [6.45, 7) is 0. The summed E-state index contributed by atoms with van der Waals surface area (Å²) in [5.41, 5.74) is 1.64. The predicted octanol–water partition coefficient (Wildman–Crippen LogP) is 3.89. The second-order valence-electron chi connectivity index (χ2n) is 4.88. The van der Waals surface area contributed by atoms with Crippen LogP contribution < -0.4 is 4.74 Å². The molecule has 0 atom stereocenters. The first-order chi connectivity index (χ1) is 11.2. The maximum atomic E-state index is 13.4. The highest BCUT2D eigenvalue weighted by atomic mass is 32.2. The lowest BCUT2D eigenvalue weighted by Gasteiger charge is -2.16. The van der Waals surface area contributed by atoms with Gasteiger partial charge in [-0.25, -0.2) is 9.18 Å². The van der Waals surface area contributed by atoms with Crippen molar-refractivity contribution < 1.29 is 18.8 Å². The quantitative estimate of drug-likeness (QED) is 0.632. The molecule has 0 spiro atoms. The van der Waals surface area contributed by atoms with E-state index in [1.165, 1.54) is 12.1 Å². The number of nitrogens with zero attached hydrogens (tertiary/aromatic N) is 1. The molecule has 0 aliphatic carbocycles. The van der Waals surface area contributed by atoms with Gasteiger partial charge in [0.25, 0.3) is 0 Å². The van der Waals surface area contributed by atoms with Crippen LogP contribution in [-0.4, -0.2) is 24.5 Å². The van der Waals surface area contributed by atoms with E-state index in [9.17, 15) is 9.18 Å². The van der Waals surface area contributed by atoms with E-state index < -0.39 is 5.97 Å². The van der Waals surface area contributed by atoms with Crippen LogP contribution in [0.4, 0.5) is 4.39 Å². The van der Waals surface area contributed by atoms with Crippen LogP contribution in [0.2, 0.25) is 0 Å². The Morgan fingerprint density at radius 3 is 2.74 bits per heavy atom. The van der Waals surface area contributed by atoms with Crippen LogP contribution in [0.25, 0.3) is 0 Å². The van der Waals surface area contributed by atoms with Gasteiger partial charge in [0.2, 0.25) is 0 Å². The molecule has 0 amide bonds. The van der Waals surface area contributed by atoms with Gasteiger partial charge in [0.05, 0.1) is 18.4 Å². The Kier molecular flexibility index (Phi) is 4.62. The van der Waals surface area contributed by atoms with Crippen LogP contribution in [0.15, 0.2) is 52.5 Å². The Morgan fingerprint density at radius 1 is 1.22 bits per heavy atom. The normalized spacial score (nSPS) is 15.1. The molecular formula is C17H14FNO3S. The number of methoxy groups -OCH3 is 1. The minimum absolute atomic E-state index is 0.333. The SMILES string of the molecule is COc1ccc(C(=O)O/N=C2\CCSc3ccc(F)cc32)cc1. The Morgan fingerprint density at radius 2 is 2.00 bits per heavy atom. The third-order valence-electron chi connectivity index (χ3n) is 3.41. The molecule has 0 unspecified atom stereocenters. The number of carbonyl (C=O) groups is 1. The molecule has 118 valence electrons. The Balaban J connectivity index is 1.78. The summed E-state index contributed by atoms with van der Waals surface area (Å²) in [5, 5.41) is 3.94. The molecule has 0 saturated carbocycles. The summed E-state index contributed by atoms with van der Waals surface area (Å²) in [6.07, 6.45) is 0.622. The molecule has 1 aliphatic rings. The van der Waals surface area contributed by atoms with Gasteiger partial charge in [-0.15, -0.1) is 11.8 Å². The molecule has 1 aliphatic heterocycles. The molecule has 0 N–H and O–H groups in total. The topological polar surface area (TPSA) is 47.9 Å². The fourth-order valence-corrected chi connectivity index (χ4v) is 3.23. The number of ether oxygens (including phenoxy) is 1. The summed E-state index contributed by atoms with van der Waals surface area (Å²) < 4.78 is 18.5. The molecule has 2 aromatic rings. The van der Waals surface area contributed by atoms with Crippen molar-refractivity contribution >= 4 is 23.4 Å². The highest BCUT2D eigenvalue weighted by Crippen LogP contribution is 2.30. The van der Waals surface area contributed by atoms with Crippen molar-refractivity contribution in [2.24, 2.45) is 5.16 Å². The van der Waals surface area contributed by atoms with Gasteiger partial charge >= 0.3 is 5.97 Å². The number of carbonyl (C=O) groups excluding carboxylic acids is 1. The Bertz CT molecular complexity index is 759. The third kappa shape index (κ3) is 3.53. The van der Waals surface area contributed by atoms with E-state index in [-0.39, 0.29) is 5.82 Å². The predicted molar refractivity (Wildman–Crippen MR) is 86.7 cm³/mol. The van der Waals surface area contributed by atoms with Gasteiger partial charge in [0.15, 0.2) is 0 Å². The second-order valence-corrected chi connectivity index (χ2v) is 6.02. The first-order valence-electron chi connectivity index (χ1n) is 7.02. The zero-order chi connectivity index (χ0) is 16.2. The highest BCUT2D eigenvalue weighted by Gasteiger charge is 2.18. The van der Waals surface area contributed by atoms with Gasteiger partial charge < -0.3 is 9.57 Å². The van der Waals surface area contributed by atoms with E-state index in [1.54, 1.807) is 49.2 Å². The van der Waals surface area contributed by atoms with Crippen molar-refractivity contribution in [1.82, 2.24) is 0 Å². The van der Waals surface area contributed by atoms with E-state index in [1.807, 2.05) is 0 Å². The van der Waals surface area contributed by atoms with Gasteiger partial charge in [-0.05, 0) is 42.5 Å². The Labute approximate surface area is 137 Å². The lowest BCUT2D eigenvalue weighted by atomic mass is 10.1. The maximum absolute atomic E-state index is 13.4. The molecule has 0 saturated heterocycles. The van der Waals surface area contributed by atoms with E-state index >= 15 is 0 Å². The summed E-state index contributed by atoms with van der Waals surface area (Å²) >= 11 is 1.63. The number of benzene rings is 2. The number of thioether (sulfide) groups is 1. The minimum Gasteiger partial charge on any atom is -0.497 e. The number of hydrogen-bond acceptors (Lipinski definition) is 5. The van der Waals surface area contributed by atoms with Crippen LogP contribution in [0.5, 0.6) is 5.75 Å². The van der Waals surface area contributed by atoms with Crippen molar-refractivity contribution in [2.45, 2.75) is 11.3 Å². The molecule has 0 radical (unpaired) electrons. The molecule has 0 bridgehead atoms. The molecule has 3 rings (SSSR count). The molecule has 1 heterocycles. The number of halogens is 1. The number of rotatable bonds is 3. The average molecular weight is 331 g/mol. The number of hydrogen-bond donors (Lipinski definition) is 0. The van der Waals surface area contributed by atoms with E-state index in [0.717, 1.165) is 10.6 Å². The lowest BCUT2D eigenvalue weighted by Crippen LogP contribution is -2.12. The first kappa shape index (κ1) is 15.6. The highest BCUT2D eigenvalue weighted by molar-refractivity contribution is 7.99.